The Hall–Kier alpha value is -2.11. The molecule has 0 atom stereocenters. The van der Waals surface area contributed by atoms with Crippen LogP contribution in [0.1, 0.15) is 31.2 Å². The van der Waals surface area contributed by atoms with Gasteiger partial charge in [-0.1, -0.05) is 12.1 Å². The molecule has 0 radical (unpaired) electrons. The molecule has 0 saturated heterocycles. The van der Waals surface area contributed by atoms with Gasteiger partial charge in [0.1, 0.15) is 5.82 Å². The predicted molar refractivity (Wildman–Crippen MR) is 80.1 cm³/mol. The number of carboxylic acid groups (broad SMARTS) is 1. The molecule has 0 spiro atoms. The topological polar surface area (TPSA) is 69.6 Å². The molecule has 0 heterocycles. The third-order valence-electron chi connectivity index (χ3n) is 3.62. The molecule has 2 N–H and O–H groups in total. The van der Waals surface area contributed by atoms with Gasteiger partial charge < -0.3 is 15.3 Å². The van der Waals surface area contributed by atoms with Gasteiger partial charge in [-0.05, 0) is 43.4 Å². The average Bonchev–Trinajstić information content (AvgIpc) is 3.28. The van der Waals surface area contributed by atoms with Crippen LogP contribution in [0.25, 0.3) is 0 Å². The highest BCUT2D eigenvalue weighted by atomic mass is 19.1. The van der Waals surface area contributed by atoms with E-state index in [-0.39, 0.29) is 24.3 Å². The maximum Gasteiger partial charge on any atom is 0.317 e. The van der Waals surface area contributed by atoms with Crippen molar-refractivity contribution in [1.29, 1.82) is 0 Å². The second kappa shape index (κ2) is 7.77. The van der Waals surface area contributed by atoms with E-state index in [9.17, 15) is 14.0 Å². The zero-order valence-electron chi connectivity index (χ0n) is 12.4. The molecule has 5 nitrogen and oxygen atoms in total. The van der Waals surface area contributed by atoms with E-state index >= 15 is 0 Å². The first-order chi connectivity index (χ1) is 10.6. The van der Waals surface area contributed by atoms with Crippen molar-refractivity contribution in [3.05, 3.63) is 35.6 Å². The van der Waals surface area contributed by atoms with Gasteiger partial charge in [0, 0.05) is 25.6 Å². The lowest BCUT2D eigenvalue weighted by Crippen LogP contribution is -2.42. The molecule has 1 aromatic rings. The summed E-state index contributed by atoms with van der Waals surface area (Å²) in [5.41, 5.74) is 0.865. The molecule has 1 aliphatic rings. The summed E-state index contributed by atoms with van der Waals surface area (Å²) in [4.78, 5) is 24.3. The minimum atomic E-state index is -0.862. The molecular weight excluding hydrogens is 287 g/mol. The smallest absolute Gasteiger partial charge is 0.317 e. The van der Waals surface area contributed by atoms with Gasteiger partial charge >= 0.3 is 12.0 Å². The molecule has 0 unspecified atom stereocenters. The number of urea groups is 1. The van der Waals surface area contributed by atoms with E-state index in [2.05, 4.69) is 5.32 Å². The van der Waals surface area contributed by atoms with Crippen LogP contribution >= 0.6 is 0 Å². The van der Waals surface area contributed by atoms with Gasteiger partial charge in [0.25, 0.3) is 0 Å². The molecule has 1 aliphatic carbocycles. The van der Waals surface area contributed by atoms with Crippen molar-refractivity contribution in [2.45, 2.75) is 38.1 Å². The molecular formula is C16H21FN2O3. The van der Waals surface area contributed by atoms with Crippen molar-refractivity contribution in [3.8, 4) is 0 Å². The second-order valence-corrected chi connectivity index (χ2v) is 5.53. The van der Waals surface area contributed by atoms with Gasteiger partial charge in [-0.2, -0.15) is 0 Å². The number of carboxylic acids is 1. The van der Waals surface area contributed by atoms with Crippen LogP contribution < -0.4 is 5.32 Å². The Bertz CT molecular complexity index is 532. The number of halogens is 1. The van der Waals surface area contributed by atoms with Gasteiger partial charge in [0.2, 0.25) is 0 Å². The molecule has 6 heteroatoms. The first kappa shape index (κ1) is 16.3. The number of hydrogen-bond acceptors (Lipinski definition) is 2. The van der Waals surface area contributed by atoms with E-state index in [1.807, 2.05) is 6.07 Å². The summed E-state index contributed by atoms with van der Waals surface area (Å²) in [5.74, 6) is -1.13. The first-order valence-corrected chi connectivity index (χ1v) is 7.57. The minimum absolute atomic E-state index is 0.0486. The van der Waals surface area contributed by atoms with E-state index in [0.29, 0.717) is 25.9 Å². The number of carbonyl (C=O) groups excluding carboxylic acids is 1. The molecule has 120 valence electrons. The molecule has 0 aromatic heterocycles. The van der Waals surface area contributed by atoms with Crippen LogP contribution in [0.2, 0.25) is 0 Å². The van der Waals surface area contributed by atoms with E-state index in [4.69, 9.17) is 5.11 Å². The highest BCUT2D eigenvalue weighted by Crippen LogP contribution is 2.27. The number of nitrogens with zero attached hydrogens (tertiary/aromatic N) is 1. The van der Waals surface area contributed by atoms with Gasteiger partial charge in [-0.3, -0.25) is 4.79 Å². The molecule has 0 aliphatic heterocycles. The van der Waals surface area contributed by atoms with Crippen LogP contribution in [0.3, 0.4) is 0 Å². The number of carbonyl (C=O) groups is 2. The van der Waals surface area contributed by atoms with Crippen LogP contribution in [0.4, 0.5) is 9.18 Å². The Morgan fingerprint density at radius 2 is 2.14 bits per heavy atom. The molecule has 1 aromatic carbocycles. The van der Waals surface area contributed by atoms with Gasteiger partial charge in [-0.15, -0.1) is 0 Å². The summed E-state index contributed by atoms with van der Waals surface area (Å²) in [7, 11) is 0. The normalized spacial score (nSPS) is 13.7. The van der Waals surface area contributed by atoms with Crippen molar-refractivity contribution >= 4 is 12.0 Å². The van der Waals surface area contributed by atoms with Gasteiger partial charge in [0.05, 0.1) is 0 Å². The van der Waals surface area contributed by atoms with E-state index < -0.39 is 5.97 Å². The molecule has 1 saturated carbocycles. The fourth-order valence-corrected chi connectivity index (χ4v) is 2.31. The lowest BCUT2D eigenvalue weighted by molar-refractivity contribution is -0.137. The average molecular weight is 308 g/mol. The monoisotopic (exact) mass is 308 g/mol. The van der Waals surface area contributed by atoms with Crippen LogP contribution in [-0.2, 0) is 11.2 Å². The number of benzene rings is 1. The maximum absolute atomic E-state index is 13.2. The summed E-state index contributed by atoms with van der Waals surface area (Å²) in [6.45, 7) is 0.896. The minimum Gasteiger partial charge on any atom is -0.481 e. The fraction of sp³-hybridized carbons (Fsp3) is 0.500. The Kier molecular flexibility index (Phi) is 5.75. The first-order valence-electron chi connectivity index (χ1n) is 7.57. The maximum atomic E-state index is 13.2. The second-order valence-electron chi connectivity index (χ2n) is 5.53. The number of amides is 2. The SMILES string of the molecule is O=C(O)CCCNC(=O)N(CCc1cccc(F)c1)C1CC1. The Morgan fingerprint density at radius 1 is 1.36 bits per heavy atom. The van der Waals surface area contributed by atoms with Crippen molar-refractivity contribution in [1.82, 2.24) is 10.2 Å². The van der Waals surface area contributed by atoms with Crippen LogP contribution in [0, 0.1) is 5.82 Å². The third kappa shape index (κ3) is 5.35. The number of aliphatic carboxylic acids is 1. The molecule has 0 bridgehead atoms. The van der Waals surface area contributed by atoms with Crippen LogP contribution in [0.15, 0.2) is 24.3 Å². The van der Waals surface area contributed by atoms with E-state index in [1.54, 1.807) is 11.0 Å². The predicted octanol–water partition coefficient (Wildman–Crippen LogP) is 2.41. The van der Waals surface area contributed by atoms with Gasteiger partial charge in [0.15, 0.2) is 0 Å². The molecule has 2 amide bonds. The lowest BCUT2D eigenvalue weighted by Gasteiger charge is -2.23. The summed E-state index contributed by atoms with van der Waals surface area (Å²) >= 11 is 0. The molecule has 2 rings (SSSR count). The zero-order valence-corrected chi connectivity index (χ0v) is 12.4. The van der Waals surface area contributed by atoms with E-state index in [0.717, 1.165) is 18.4 Å². The Labute approximate surface area is 129 Å². The fourth-order valence-electron chi connectivity index (χ4n) is 2.31. The van der Waals surface area contributed by atoms with Gasteiger partial charge in [-0.25, -0.2) is 9.18 Å². The molecule has 22 heavy (non-hydrogen) atoms. The molecule has 1 fully saturated rings. The third-order valence-corrected chi connectivity index (χ3v) is 3.62. The largest absolute Gasteiger partial charge is 0.481 e. The Balaban J connectivity index is 1.79. The van der Waals surface area contributed by atoms with Crippen LogP contribution in [0.5, 0.6) is 0 Å². The van der Waals surface area contributed by atoms with Crippen molar-refractivity contribution in [2.24, 2.45) is 0 Å². The number of rotatable bonds is 8. The lowest BCUT2D eigenvalue weighted by atomic mass is 10.1. The highest BCUT2D eigenvalue weighted by molar-refractivity contribution is 5.75. The standard InChI is InChI=1S/C16H21FN2O3/c17-13-4-1-3-12(11-13)8-10-19(14-6-7-14)16(22)18-9-2-5-15(20)21/h1,3-4,11,14H,2,5-10H2,(H,18,22)(H,20,21). The number of nitrogens with one attached hydrogen (secondary N) is 1. The summed E-state index contributed by atoms with van der Waals surface area (Å²) in [6, 6.07) is 6.49. The van der Waals surface area contributed by atoms with Crippen LogP contribution in [-0.4, -0.2) is 41.1 Å². The van der Waals surface area contributed by atoms with Crippen molar-refractivity contribution < 1.29 is 19.1 Å². The summed E-state index contributed by atoms with van der Waals surface area (Å²) in [5, 5.41) is 11.3. The number of hydrogen-bond donors (Lipinski definition) is 2. The summed E-state index contributed by atoms with van der Waals surface area (Å²) < 4.78 is 13.2. The van der Waals surface area contributed by atoms with Crippen molar-refractivity contribution in [2.75, 3.05) is 13.1 Å². The Morgan fingerprint density at radius 3 is 2.77 bits per heavy atom. The van der Waals surface area contributed by atoms with E-state index in [1.165, 1.54) is 12.1 Å². The summed E-state index contributed by atoms with van der Waals surface area (Å²) in [6.07, 6.45) is 3.06. The highest BCUT2D eigenvalue weighted by Gasteiger charge is 2.32. The zero-order chi connectivity index (χ0) is 15.9. The van der Waals surface area contributed by atoms with Crippen molar-refractivity contribution in [3.63, 3.8) is 0 Å². The quantitative estimate of drug-likeness (QED) is 0.725.